The highest BCUT2D eigenvalue weighted by molar-refractivity contribution is 7.16. The van der Waals surface area contributed by atoms with Gasteiger partial charge in [0.2, 0.25) is 0 Å². The lowest BCUT2D eigenvalue weighted by molar-refractivity contribution is 0.0935. The fourth-order valence-corrected chi connectivity index (χ4v) is 7.33. The van der Waals surface area contributed by atoms with E-state index in [1.54, 1.807) is 11.3 Å². The van der Waals surface area contributed by atoms with Gasteiger partial charge >= 0.3 is 0 Å². The molecule has 1 amide bonds. The summed E-state index contributed by atoms with van der Waals surface area (Å²) in [5.74, 6) is 0.724. The minimum absolute atomic E-state index is 0.0646. The Hall–Kier alpha value is -3.05. The molecule has 2 aliphatic rings. The molecule has 0 spiro atoms. The second kappa shape index (κ2) is 8.27. The molecule has 0 saturated carbocycles. The van der Waals surface area contributed by atoms with Gasteiger partial charge in [-0.15, -0.1) is 11.3 Å². The fourth-order valence-electron chi connectivity index (χ4n) is 5.97. The Morgan fingerprint density at radius 1 is 1.03 bits per heavy atom. The average Bonchev–Trinajstić information content (AvgIpc) is 3.34. The van der Waals surface area contributed by atoms with Gasteiger partial charge in [0.25, 0.3) is 5.91 Å². The predicted octanol–water partition coefficient (Wildman–Crippen LogP) is 7.06. The second-order valence-corrected chi connectivity index (χ2v) is 12.3. The van der Waals surface area contributed by atoms with Crippen molar-refractivity contribution >= 4 is 33.1 Å². The number of nitrogens with one attached hydrogen (secondary N) is 2. The smallest absolute Gasteiger partial charge is 0.256 e. The number of nitrogens with zero attached hydrogens (tertiary/aromatic N) is 1. The number of carbonyl (C=O) groups is 1. The summed E-state index contributed by atoms with van der Waals surface area (Å²) in [6.45, 7) is 10.00. The van der Waals surface area contributed by atoms with Crippen LogP contribution in [0, 0.1) is 18.3 Å². The molecule has 0 radical (unpaired) electrons. The van der Waals surface area contributed by atoms with E-state index in [4.69, 9.17) is 0 Å². The molecule has 0 fully saturated rings. The Morgan fingerprint density at radius 3 is 2.54 bits per heavy atom. The van der Waals surface area contributed by atoms with Gasteiger partial charge in [0, 0.05) is 33.6 Å². The number of thiophene rings is 1. The number of benzene rings is 2. The van der Waals surface area contributed by atoms with Crippen molar-refractivity contribution in [2.24, 2.45) is 11.3 Å². The van der Waals surface area contributed by atoms with Crippen LogP contribution in [0.2, 0.25) is 0 Å². The van der Waals surface area contributed by atoms with Crippen LogP contribution in [0.3, 0.4) is 0 Å². The van der Waals surface area contributed by atoms with Crippen molar-refractivity contribution in [3.8, 4) is 0 Å². The second-order valence-electron chi connectivity index (χ2n) is 11.2. The van der Waals surface area contributed by atoms with E-state index in [-0.39, 0.29) is 17.5 Å². The molecule has 0 bridgehead atoms. The molecule has 35 heavy (non-hydrogen) atoms. The van der Waals surface area contributed by atoms with Crippen LogP contribution in [0.25, 0.3) is 10.9 Å². The molecule has 6 rings (SSSR count). The van der Waals surface area contributed by atoms with Gasteiger partial charge in [-0.2, -0.15) is 0 Å². The summed E-state index contributed by atoms with van der Waals surface area (Å²) in [5.41, 5.74) is 7.27. The van der Waals surface area contributed by atoms with Crippen molar-refractivity contribution in [1.29, 1.82) is 0 Å². The maximum Gasteiger partial charge on any atom is 0.256 e. The van der Waals surface area contributed by atoms with E-state index < -0.39 is 0 Å². The van der Waals surface area contributed by atoms with Crippen LogP contribution in [-0.4, -0.2) is 10.5 Å². The number of hydrogen-bond donors (Lipinski definition) is 2. The normalized spacial score (nSPS) is 19.7. The van der Waals surface area contributed by atoms with Gasteiger partial charge in [-0.1, -0.05) is 69.3 Å². The Morgan fingerprint density at radius 2 is 1.77 bits per heavy atom. The molecule has 1 aliphatic heterocycles. The summed E-state index contributed by atoms with van der Waals surface area (Å²) in [6.07, 6.45) is 2.99. The van der Waals surface area contributed by atoms with Crippen molar-refractivity contribution in [2.45, 2.75) is 59.7 Å². The SMILES string of the molecule is Cc1c([C@@H]2NC(=O)c3c(sc4c3CC[C@H](C(C)(C)C)C4)N2)c2ccccc2n1Cc1ccccc1. The highest BCUT2D eigenvalue weighted by Crippen LogP contribution is 2.46. The Balaban J connectivity index is 1.38. The third kappa shape index (κ3) is 3.77. The van der Waals surface area contributed by atoms with Gasteiger partial charge in [0.05, 0.1) is 5.56 Å². The Bertz CT molecular complexity index is 1420. The van der Waals surface area contributed by atoms with Crippen LogP contribution in [-0.2, 0) is 19.4 Å². The lowest BCUT2D eigenvalue weighted by atomic mass is 9.72. The average molecular weight is 484 g/mol. The van der Waals surface area contributed by atoms with E-state index in [1.165, 1.54) is 32.6 Å². The number of aromatic nitrogens is 1. The molecular weight excluding hydrogens is 450 g/mol. The first-order chi connectivity index (χ1) is 16.8. The summed E-state index contributed by atoms with van der Waals surface area (Å²) < 4.78 is 2.37. The zero-order valence-electron chi connectivity index (χ0n) is 20.9. The van der Waals surface area contributed by atoms with Crippen LogP contribution < -0.4 is 10.6 Å². The summed E-state index contributed by atoms with van der Waals surface area (Å²) in [7, 11) is 0. The number of hydrogen-bond acceptors (Lipinski definition) is 3. The van der Waals surface area contributed by atoms with Gasteiger partial charge in [-0.3, -0.25) is 4.79 Å². The molecule has 5 heteroatoms. The van der Waals surface area contributed by atoms with E-state index in [0.29, 0.717) is 5.92 Å². The fraction of sp³-hybridized carbons (Fsp3) is 0.367. The first kappa shape index (κ1) is 22.4. The topological polar surface area (TPSA) is 46.1 Å². The lowest BCUT2D eigenvalue weighted by Crippen LogP contribution is -2.38. The third-order valence-corrected chi connectivity index (χ3v) is 9.21. The first-order valence-electron chi connectivity index (χ1n) is 12.6. The van der Waals surface area contributed by atoms with Gasteiger partial charge < -0.3 is 15.2 Å². The number of amides is 1. The first-order valence-corrected chi connectivity index (χ1v) is 13.5. The molecule has 2 aromatic heterocycles. The number of anilines is 1. The van der Waals surface area contributed by atoms with Crippen LogP contribution >= 0.6 is 11.3 Å². The number of carbonyl (C=O) groups excluding carboxylic acids is 1. The highest BCUT2D eigenvalue weighted by atomic mass is 32.1. The summed E-state index contributed by atoms with van der Waals surface area (Å²) in [4.78, 5) is 14.9. The monoisotopic (exact) mass is 483 g/mol. The van der Waals surface area contributed by atoms with E-state index in [2.05, 4.69) is 97.5 Å². The Labute approximate surface area is 211 Å². The zero-order valence-corrected chi connectivity index (χ0v) is 21.8. The van der Waals surface area contributed by atoms with E-state index in [9.17, 15) is 4.79 Å². The number of rotatable bonds is 3. The van der Waals surface area contributed by atoms with Gasteiger partial charge in [-0.25, -0.2) is 0 Å². The maximum absolute atomic E-state index is 13.5. The molecule has 1 aliphatic carbocycles. The standard InChI is InChI=1S/C30H33N3OS/c1-18-25(21-12-8-9-13-23(21)33(18)17-19-10-6-5-7-11-19)27-31-28(34)26-22-15-14-20(30(2,3)4)16-24(22)35-29(26)32-27/h5-13,20,27,32H,14-17H2,1-4H3,(H,31,34)/t20-,27+/m0/s1. The van der Waals surface area contributed by atoms with Crippen LogP contribution in [0.4, 0.5) is 5.00 Å². The largest absolute Gasteiger partial charge is 0.353 e. The minimum atomic E-state index is -0.240. The highest BCUT2D eigenvalue weighted by Gasteiger charge is 2.37. The third-order valence-electron chi connectivity index (χ3n) is 8.02. The lowest BCUT2D eigenvalue weighted by Gasteiger charge is -2.34. The Kier molecular flexibility index (Phi) is 5.29. The van der Waals surface area contributed by atoms with Gasteiger partial charge in [0.1, 0.15) is 11.2 Å². The summed E-state index contributed by atoms with van der Waals surface area (Å²) in [5, 5.41) is 9.29. The summed E-state index contributed by atoms with van der Waals surface area (Å²) >= 11 is 1.80. The van der Waals surface area contributed by atoms with Crippen LogP contribution in [0.15, 0.2) is 54.6 Å². The van der Waals surface area contributed by atoms with E-state index in [0.717, 1.165) is 41.9 Å². The quantitative estimate of drug-likeness (QED) is 0.327. The van der Waals surface area contributed by atoms with Crippen molar-refractivity contribution < 1.29 is 4.79 Å². The van der Waals surface area contributed by atoms with Crippen LogP contribution in [0.1, 0.15) is 71.0 Å². The zero-order chi connectivity index (χ0) is 24.3. The minimum Gasteiger partial charge on any atom is -0.353 e. The summed E-state index contributed by atoms with van der Waals surface area (Å²) in [6, 6.07) is 19.1. The molecule has 0 saturated heterocycles. The molecule has 4 aromatic rings. The molecule has 2 N–H and O–H groups in total. The number of fused-ring (bicyclic) bond motifs is 4. The molecule has 180 valence electrons. The van der Waals surface area contributed by atoms with Crippen molar-refractivity contribution in [1.82, 2.24) is 9.88 Å². The number of para-hydroxylation sites is 1. The molecule has 2 atom stereocenters. The van der Waals surface area contributed by atoms with Crippen LogP contribution in [0.5, 0.6) is 0 Å². The molecular formula is C30H33N3OS. The molecule has 4 nitrogen and oxygen atoms in total. The van der Waals surface area contributed by atoms with E-state index in [1.807, 2.05) is 0 Å². The van der Waals surface area contributed by atoms with E-state index >= 15 is 0 Å². The van der Waals surface area contributed by atoms with Gasteiger partial charge in [-0.05, 0) is 54.7 Å². The van der Waals surface area contributed by atoms with Crippen molar-refractivity contribution in [2.75, 3.05) is 5.32 Å². The predicted molar refractivity (Wildman–Crippen MR) is 145 cm³/mol. The molecule has 3 heterocycles. The molecule has 2 aromatic carbocycles. The maximum atomic E-state index is 13.5. The van der Waals surface area contributed by atoms with Crippen molar-refractivity contribution in [3.63, 3.8) is 0 Å². The van der Waals surface area contributed by atoms with Gasteiger partial charge in [0.15, 0.2) is 0 Å². The van der Waals surface area contributed by atoms with Crippen molar-refractivity contribution in [3.05, 3.63) is 87.4 Å². The molecule has 0 unspecified atom stereocenters.